The van der Waals surface area contributed by atoms with Crippen LogP contribution < -0.4 is 5.73 Å². The highest BCUT2D eigenvalue weighted by Gasteiger charge is 2.36. The zero-order valence-electron chi connectivity index (χ0n) is 15.1. The van der Waals surface area contributed by atoms with Crippen LogP contribution in [0.1, 0.15) is 36.2 Å². The molecule has 2 aromatic rings. The fourth-order valence-electron chi connectivity index (χ4n) is 4.35. The van der Waals surface area contributed by atoms with Crippen LogP contribution in [-0.2, 0) is 16.6 Å². The number of hydrogen-bond acceptors (Lipinski definition) is 3. The number of ether oxygens (including phenoxy) is 1. The standard InChI is InChI=1S/C20H25N3O3/c1-22-15-5-3-2-4-14(15)12-16(22)20(25)23-10-8-13(9-11-23)17-6-7-18(26-17)19(21)24/h2-5,12-13,17-18H,6-11H2,1H3,(H2,21,24)/t17-,18+/m0/s1. The van der Waals surface area contributed by atoms with E-state index in [-0.39, 0.29) is 17.9 Å². The lowest BCUT2D eigenvalue weighted by molar-refractivity contribution is -0.130. The molecule has 2 aliphatic heterocycles. The first-order chi connectivity index (χ1) is 12.5. The van der Waals surface area contributed by atoms with Crippen LogP contribution in [0.5, 0.6) is 0 Å². The Morgan fingerprint density at radius 2 is 1.85 bits per heavy atom. The summed E-state index contributed by atoms with van der Waals surface area (Å²) in [4.78, 5) is 26.2. The van der Waals surface area contributed by atoms with Crippen LogP contribution in [-0.4, -0.2) is 46.6 Å². The summed E-state index contributed by atoms with van der Waals surface area (Å²) in [6, 6.07) is 10.0. The van der Waals surface area contributed by atoms with Crippen molar-refractivity contribution in [1.29, 1.82) is 0 Å². The summed E-state index contributed by atoms with van der Waals surface area (Å²) in [6.45, 7) is 1.46. The summed E-state index contributed by atoms with van der Waals surface area (Å²) in [5.74, 6) is 0.122. The molecule has 0 unspecified atom stereocenters. The number of likely N-dealkylation sites (tertiary alicyclic amines) is 1. The topological polar surface area (TPSA) is 77.6 Å². The van der Waals surface area contributed by atoms with Gasteiger partial charge in [-0.1, -0.05) is 18.2 Å². The second-order valence-corrected chi connectivity index (χ2v) is 7.42. The van der Waals surface area contributed by atoms with Crippen molar-refractivity contribution in [3.05, 3.63) is 36.0 Å². The van der Waals surface area contributed by atoms with Crippen molar-refractivity contribution < 1.29 is 14.3 Å². The van der Waals surface area contributed by atoms with Crippen molar-refractivity contribution in [1.82, 2.24) is 9.47 Å². The van der Waals surface area contributed by atoms with E-state index in [0.29, 0.717) is 5.92 Å². The van der Waals surface area contributed by atoms with Gasteiger partial charge in [-0.15, -0.1) is 0 Å². The molecule has 0 bridgehead atoms. The van der Waals surface area contributed by atoms with E-state index in [2.05, 4.69) is 0 Å². The average Bonchev–Trinajstić information content (AvgIpc) is 3.27. The molecule has 26 heavy (non-hydrogen) atoms. The lowest BCUT2D eigenvalue weighted by Crippen LogP contribution is -2.42. The Labute approximate surface area is 152 Å². The molecule has 1 aromatic carbocycles. The van der Waals surface area contributed by atoms with Gasteiger partial charge in [-0.3, -0.25) is 9.59 Å². The van der Waals surface area contributed by atoms with Crippen molar-refractivity contribution in [2.45, 2.75) is 37.9 Å². The minimum absolute atomic E-state index is 0.0875. The Morgan fingerprint density at radius 3 is 2.50 bits per heavy atom. The molecular formula is C20H25N3O3. The number of benzene rings is 1. The summed E-state index contributed by atoms with van der Waals surface area (Å²) < 4.78 is 7.79. The third-order valence-corrected chi connectivity index (χ3v) is 5.89. The zero-order valence-corrected chi connectivity index (χ0v) is 15.1. The van der Waals surface area contributed by atoms with E-state index in [4.69, 9.17) is 10.5 Å². The molecule has 6 nitrogen and oxygen atoms in total. The van der Waals surface area contributed by atoms with Crippen molar-refractivity contribution in [3.63, 3.8) is 0 Å². The maximum Gasteiger partial charge on any atom is 0.270 e. The highest BCUT2D eigenvalue weighted by molar-refractivity contribution is 5.98. The third kappa shape index (κ3) is 2.98. The third-order valence-electron chi connectivity index (χ3n) is 5.89. The van der Waals surface area contributed by atoms with E-state index < -0.39 is 6.10 Å². The highest BCUT2D eigenvalue weighted by atomic mass is 16.5. The number of hydrogen-bond donors (Lipinski definition) is 1. The number of piperidine rings is 1. The van der Waals surface area contributed by atoms with Gasteiger partial charge < -0.3 is 19.9 Å². The molecule has 138 valence electrons. The van der Waals surface area contributed by atoms with Crippen LogP contribution in [0.15, 0.2) is 30.3 Å². The molecule has 0 aliphatic carbocycles. The number of rotatable bonds is 3. The predicted molar refractivity (Wildman–Crippen MR) is 98.6 cm³/mol. The number of amides is 2. The normalized spacial score (nSPS) is 24.3. The fourth-order valence-corrected chi connectivity index (χ4v) is 4.35. The minimum Gasteiger partial charge on any atom is -0.367 e. The van der Waals surface area contributed by atoms with Crippen molar-refractivity contribution in [2.24, 2.45) is 18.7 Å². The molecule has 2 amide bonds. The van der Waals surface area contributed by atoms with Crippen LogP contribution in [0.2, 0.25) is 0 Å². The van der Waals surface area contributed by atoms with Gasteiger partial charge in [0.15, 0.2) is 0 Å². The average molecular weight is 355 g/mol. The Balaban J connectivity index is 1.40. The zero-order chi connectivity index (χ0) is 18.3. The molecule has 4 rings (SSSR count). The number of para-hydroxylation sites is 1. The van der Waals surface area contributed by atoms with Crippen LogP contribution in [0.25, 0.3) is 10.9 Å². The summed E-state index contributed by atoms with van der Waals surface area (Å²) in [6.07, 6.45) is 3.08. The number of primary amides is 1. The Bertz CT molecular complexity index is 836. The molecule has 1 aromatic heterocycles. The van der Waals surface area contributed by atoms with E-state index in [1.807, 2.05) is 46.8 Å². The van der Waals surface area contributed by atoms with Gasteiger partial charge in [0.25, 0.3) is 5.91 Å². The molecule has 0 spiro atoms. The van der Waals surface area contributed by atoms with E-state index in [1.165, 1.54) is 0 Å². The first kappa shape index (κ1) is 17.1. The maximum absolute atomic E-state index is 13.0. The number of carbonyl (C=O) groups excluding carboxylic acids is 2. The van der Waals surface area contributed by atoms with Gasteiger partial charge in [0, 0.05) is 31.0 Å². The van der Waals surface area contributed by atoms with Crippen LogP contribution in [0.3, 0.4) is 0 Å². The van der Waals surface area contributed by atoms with Gasteiger partial charge >= 0.3 is 0 Å². The quantitative estimate of drug-likeness (QED) is 0.915. The summed E-state index contributed by atoms with van der Waals surface area (Å²) in [5.41, 5.74) is 7.15. The second kappa shape index (κ2) is 6.76. The van der Waals surface area contributed by atoms with Crippen molar-refractivity contribution >= 4 is 22.7 Å². The van der Waals surface area contributed by atoms with E-state index in [9.17, 15) is 9.59 Å². The molecule has 0 radical (unpaired) electrons. The van der Waals surface area contributed by atoms with Gasteiger partial charge in [-0.2, -0.15) is 0 Å². The Kier molecular flexibility index (Phi) is 4.44. The van der Waals surface area contributed by atoms with Crippen LogP contribution in [0, 0.1) is 5.92 Å². The monoisotopic (exact) mass is 355 g/mol. The van der Waals surface area contributed by atoms with Gasteiger partial charge in [0.1, 0.15) is 11.8 Å². The Morgan fingerprint density at radius 1 is 1.12 bits per heavy atom. The first-order valence-electron chi connectivity index (χ1n) is 9.33. The van der Waals surface area contributed by atoms with Gasteiger partial charge in [0.2, 0.25) is 5.91 Å². The lowest BCUT2D eigenvalue weighted by Gasteiger charge is -2.34. The molecule has 2 N–H and O–H groups in total. The lowest BCUT2D eigenvalue weighted by atomic mass is 9.89. The predicted octanol–water partition coefficient (Wildman–Crippen LogP) is 2.06. The van der Waals surface area contributed by atoms with E-state index in [1.54, 1.807) is 0 Å². The molecule has 0 saturated carbocycles. The highest BCUT2D eigenvalue weighted by Crippen LogP contribution is 2.32. The van der Waals surface area contributed by atoms with Crippen LogP contribution in [0.4, 0.5) is 0 Å². The molecular weight excluding hydrogens is 330 g/mol. The summed E-state index contributed by atoms with van der Waals surface area (Å²) >= 11 is 0. The van der Waals surface area contributed by atoms with Gasteiger partial charge in [-0.05, 0) is 43.7 Å². The molecule has 2 atom stereocenters. The molecule has 3 heterocycles. The number of nitrogens with two attached hydrogens (primary N) is 1. The number of nitrogens with zero attached hydrogens (tertiary/aromatic N) is 2. The fraction of sp³-hybridized carbons (Fsp3) is 0.500. The smallest absolute Gasteiger partial charge is 0.270 e. The SMILES string of the molecule is Cn1c(C(=O)N2CCC([C@@H]3CC[C@H](C(N)=O)O3)CC2)cc2ccccc21. The van der Waals surface area contributed by atoms with Crippen molar-refractivity contribution in [3.8, 4) is 0 Å². The summed E-state index contributed by atoms with van der Waals surface area (Å²) in [7, 11) is 1.94. The van der Waals surface area contributed by atoms with Crippen molar-refractivity contribution in [2.75, 3.05) is 13.1 Å². The number of aryl methyl sites for hydroxylation is 1. The minimum atomic E-state index is -0.435. The van der Waals surface area contributed by atoms with Crippen LogP contribution >= 0.6 is 0 Å². The number of fused-ring (bicyclic) bond motifs is 1. The number of carbonyl (C=O) groups is 2. The van der Waals surface area contributed by atoms with E-state index in [0.717, 1.165) is 55.4 Å². The molecule has 2 aliphatic rings. The maximum atomic E-state index is 13.0. The van der Waals surface area contributed by atoms with Gasteiger partial charge in [-0.25, -0.2) is 0 Å². The molecule has 2 saturated heterocycles. The second-order valence-electron chi connectivity index (χ2n) is 7.42. The van der Waals surface area contributed by atoms with E-state index >= 15 is 0 Å². The summed E-state index contributed by atoms with van der Waals surface area (Å²) in [5, 5.41) is 1.09. The molecule has 2 fully saturated rings. The Hall–Kier alpha value is -2.34. The first-order valence-corrected chi connectivity index (χ1v) is 9.33. The molecule has 6 heteroatoms. The number of aromatic nitrogens is 1. The largest absolute Gasteiger partial charge is 0.367 e. The van der Waals surface area contributed by atoms with Gasteiger partial charge in [0.05, 0.1) is 6.10 Å².